The van der Waals surface area contributed by atoms with Gasteiger partial charge in [-0.25, -0.2) is 0 Å². The van der Waals surface area contributed by atoms with Crippen molar-refractivity contribution in [2.45, 2.75) is 38.8 Å². The first-order chi connectivity index (χ1) is 10.5. The van der Waals surface area contributed by atoms with Crippen molar-refractivity contribution in [2.24, 2.45) is 0 Å². The van der Waals surface area contributed by atoms with Gasteiger partial charge in [0, 0.05) is 26.6 Å². The summed E-state index contributed by atoms with van der Waals surface area (Å²) in [6, 6.07) is 0.0534. The van der Waals surface area contributed by atoms with E-state index in [9.17, 15) is 9.59 Å². The summed E-state index contributed by atoms with van der Waals surface area (Å²) in [5.41, 5.74) is 1.13. The van der Waals surface area contributed by atoms with Crippen LogP contribution in [0.4, 0.5) is 0 Å². The van der Waals surface area contributed by atoms with E-state index >= 15 is 0 Å². The van der Waals surface area contributed by atoms with Gasteiger partial charge < -0.3 is 19.1 Å². The summed E-state index contributed by atoms with van der Waals surface area (Å²) in [5.74, 6) is 0.556. The first kappa shape index (κ1) is 15.0. The van der Waals surface area contributed by atoms with Gasteiger partial charge in [0.05, 0.1) is 24.4 Å². The molecule has 3 rings (SSSR count). The van der Waals surface area contributed by atoms with Gasteiger partial charge in [0.1, 0.15) is 11.3 Å². The highest BCUT2D eigenvalue weighted by molar-refractivity contribution is 5.97. The molecule has 2 amide bonds. The van der Waals surface area contributed by atoms with Crippen LogP contribution in [-0.2, 0) is 9.53 Å². The molecule has 2 atom stereocenters. The monoisotopic (exact) mass is 307 g/mol. The highest BCUT2D eigenvalue weighted by Gasteiger charge is 2.48. The molecule has 2 saturated heterocycles. The number of nitrogens with zero attached hydrogens (tertiary/aromatic N) is 3. The summed E-state index contributed by atoms with van der Waals surface area (Å²) in [7, 11) is 1.62. The Hall–Kier alpha value is -1.89. The number of hydrogen-bond donors (Lipinski definition) is 0. The molecule has 0 radical (unpaired) electrons. The van der Waals surface area contributed by atoms with Crippen LogP contribution in [0.1, 0.15) is 34.7 Å². The van der Waals surface area contributed by atoms with Gasteiger partial charge in [-0.1, -0.05) is 5.16 Å². The van der Waals surface area contributed by atoms with Gasteiger partial charge in [0.2, 0.25) is 5.91 Å². The van der Waals surface area contributed by atoms with E-state index in [2.05, 4.69) is 5.16 Å². The van der Waals surface area contributed by atoms with Crippen LogP contribution in [0.15, 0.2) is 4.52 Å². The number of aromatic nitrogens is 1. The maximum atomic E-state index is 12.8. The summed E-state index contributed by atoms with van der Waals surface area (Å²) < 4.78 is 10.2. The number of rotatable bonds is 4. The van der Waals surface area contributed by atoms with Crippen LogP contribution in [0.2, 0.25) is 0 Å². The average molecular weight is 307 g/mol. The summed E-state index contributed by atoms with van der Waals surface area (Å²) in [6.45, 7) is 5.28. The number of methoxy groups -OCH3 is 1. The first-order valence-corrected chi connectivity index (χ1v) is 7.56. The maximum absolute atomic E-state index is 12.8. The molecule has 0 spiro atoms. The maximum Gasteiger partial charge on any atom is 0.259 e. The number of aryl methyl sites for hydroxylation is 2. The molecule has 3 heterocycles. The SMILES string of the molecule is COCCN1C(=O)C[C@H]2[C@H]1CCN2C(=O)c1c(C)noc1C. The van der Waals surface area contributed by atoms with Crippen molar-refractivity contribution in [3.05, 3.63) is 17.0 Å². The Kier molecular flexibility index (Phi) is 3.90. The average Bonchev–Trinajstić information content (AvgIpc) is 3.11. The minimum atomic E-state index is -0.0786. The van der Waals surface area contributed by atoms with Crippen LogP contribution in [0.25, 0.3) is 0 Å². The lowest BCUT2D eigenvalue weighted by Gasteiger charge is -2.25. The summed E-state index contributed by atoms with van der Waals surface area (Å²) in [6.07, 6.45) is 1.21. The molecule has 120 valence electrons. The zero-order chi connectivity index (χ0) is 15.9. The Morgan fingerprint density at radius 1 is 1.41 bits per heavy atom. The fourth-order valence-electron chi connectivity index (χ4n) is 3.59. The second-order valence-electron chi connectivity index (χ2n) is 5.91. The standard InChI is InChI=1S/C15H21N3O4/c1-9-14(10(2)22-16-9)15(20)18-5-4-11-12(18)8-13(19)17(11)6-7-21-3/h11-12H,4-8H2,1-3H3/t11-,12+/m1/s1. The molecule has 22 heavy (non-hydrogen) atoms. The predicted octanol–water partition coefficient (Wildman–Crippen LogP) is 0.753. The van der Waals surface area contributed by atoms with E-state index < -0.39 is 0 Å². The van der Waals surface area contributed by atoms with Crippen LogP contribution in [0, 0.1) is 13.8 Å². The molecular weight excluding hydrogens is 286 g/mol. The number of carbonyl (C=O) groups is 2. The summed E-state index contributed by atoms with van der Waals surface area (Å²) >= 11 is 0. The van der Waals surface area contributed by atoms with E-state index in [-0.39, 0.29) is 23.9 Å². The third-order valence-electron chi connectivity index (χ3n) is 4.66. The van der Waals surface area contributed by atoms with E-state index in [0.29, 0.717) is 43.1 Å². The number of fused-ring (bicyclic) bond motifs is 1. The van der Waals surface area contributed by atoms with Crippen molar-refractivity contribution in [3.8, 4) is 0 Å². The van der Waals surface area contributed by atoms with E-state index in [4.69, 9.17) is 9.26 Å². The van der Waals surface area contributed by atoms with Gasteiger partial charge in [-0.3, -0.25) is 9.59 Å². The molecule has 0 aromatic carbocycles. The molecule has 0 bridgehead atoms. The molecule has 2 aliphatic heterocycles. The van der Waals surface area contributed by atoms with Crippen LogP contribution in [-0.4, -0.2) is 65.7 Å². The van der Waals surface area contributed by atoms with Crippen LogP contribution in [0.5, 0.6) is 0 Å². The molecule has 2 fully saturated rings. The molecule has 2 aliphatic rings. The molecular formula is C15H21N3O4. The summed E-state index contributed by atoms with van der Waals surface area (Å²) in [4.78, 5) is 28.6. The van der Waals surface area contributed by atoms with E-state index in [0.717, 1.165) is 6.42 Å². The Bertz CT molecular complexity index is 578. The fourth-order valence-corrected chi connectivity index (χ4v) is 3.59. The zero-order valence-corrected chi connectivity index (χ0v) is 13.2. The van der Waals surface area contributed by atoms with Crippen LogP contribution in [0.3, 0.4) is 0 Å². The Balaban J connectivity index is 1.78. The Morgan fingerprint density at radius 2 is 2.18 bits per heavy atom. The van der Waals surface area contributed by atoms with Gasteiger partial charge in [0.15, 0.2) is 0 Å². The topological polar surface area (TPSA) is 75.9 Å². The number of amides is 2. The van der Waals surface area contributed by atoms with Gasteiger partial charge >= 0.3 is 0 Å². The van der Waals surface area contributed by atoms with Crippen molar-refractivity contribution in [2.75, 3.05) is 26.8 Å². The largest absolute Gasteiger partial charge is 0.383 e. The fraction of sp³-hybridized carbons (Fsp3) is 0.667. The van der Waals surface area contributed by atoms with Gasteiger partial charge in [-0.15, -0.1) is 0 Å². The molecule has 1 aromatic rings. The van der Waals surface area contributed by atoms with Gasteiger partial charge in [0.25, 0.3) is 5.91 Å². The smallest absolute Gasteiger partial charge is 0.259 e. The third-order valence-corrected chi connectivity index (χ3v) is 4.66. The quantitative estimate of drug-likeness (QED) is 0.820. The van der Waals surface area contributed by atoms with Crippen molar-refractivity contribution in [1.82, 2.24) is 15.0 Å². The van der Waals surface area contributed by atoms with Crippen molar-refractivity contribution in [1.29, 1.82) is 0 Å². The number of ether oxygens (including phenoxy) is 1. The lowest BCUT2D eigenvalue weighted by molar-refractivity contribution is -0.129. The molecule has 0 aliphatic carbocycles. The first-order valence-electron chi connectivity index (χ1n) is 7.56. The van der Waals surface area contributed by atoms with E-state index in [1.54, 1.807) is 21.0 Å². The van der Waals surface area contributed by atoms with Crippen molar-refractivity contribution in [3.63, 3.8) is 0 Å². The molecule has 0 N–H and O–H groups in total. The molecule has 0 unspecified atom stereocenters. The molecule has 7 heteroatoms. The molecule has 1 aromatic heterocycles. The van der Waals surface area contributed by atoms with Gasteiger partial charge in [-0.2, -0.15) is 0 Å². The van der Waals surface area contributed by atoms with E-state index in [1.807, 2.05) is 9.80 Å². The Labute approximate surface area is 129 Å². The number of hydrogen-bond acceptors (Lipinski definition) is 5. The van der Waals surface area contributed by atoms with Crippen molar-refractivity contribution >= 4 is 11.8 Å². The number of likely N-dealkylation sites (tertiary alicyclic amines) is 2. The lowest BCUT2D eigenvalue weighted by atomic mass is 10.1. The highest BCUT2D eigenvalue weighted by Crippen LogP contribution is 2.33. The molecule has 7 nitrogen and oxygen atoms in total. The molecule has 0 saturated carbocycles. The summed E-state index contributed by atoms with van der Waals surface area (Å²) in [5, 5.41) is 3.85. The second-order valence-corrected chi connectivity index (χ2v) is 5.91. The van der Waals surface area contributed by atoms with Crippen LogP contribution < -0.4 is 0 Å². The van der Waals surface area contributed by atoms with Crippen molar-refractivity contribution < 1.29 is 18.8 Å². The highest BCUT2D eigenvalue weighted by atomic mass is 16.5. The minimum Gasteiger partial charge on any atom is -0.383 e. The lowest BCUT2D eigenvalue weighted by Crippen LogP contribution is -2.41. The normalized spacial score (nSPS) is 24.2. The Morgan fingerprint density at radius 3 is 2.82 bits per heavy atom. The predicted molar refractivity (Wildman–Crippen MR) is 77.4 cm³/mol. The zero-order valence-electron chi connectivity index (χ0n) is 13.2. The van der Waals surface area contributed by atoms with Gasteiger partial charge in [-0.05, 0) is 20.3 Å². The number of carbonyl (C=O) groups excluding carboxylic acids is 2. The minimum absolute atomic E-state index is 0.0504. The van der Waals surface area contributed by atoms with E-state index in [1.165, 1.54) is 0 Å². The second kappa shape index (κ2) is 5.72. The third kappa shape index (κ3) is 2.29. The van der Waals surface area contributed by atoms with Crippen LogP contribution >= 0.6 is 0 Å².